The van der Waals surface area contributed by atoms with Gasteiger partial charge in [-0.2, -0.15) is 0 Å². The Bertz CT molecular complexity index is 1290. The Morgan fingerprint density at radius 1 is 0.917 bits per heavy atom. The quantitative estimate of drug-likeness (QED) is 0.420. The fourth-order valence-corrected chi connectivity index (χ4v) is 3.14. The van der Waals surface area contributed by atoms with Crippen molar-refractivity contribution >= 4 is 23.4 Å². The topological polar surface area (TPSA) is 122 Å². The third-order valence-electron chi connectivity index (χ3n) is 5.36. The molecule has 0 spiro atoms. The van der Waals surface area contributed by atoms with Crippen LogP contribution in [-0.2, 0) is 16.1 Å². The lowest BCUT2D eigenvalue weighted by molar-refractivity contribution is -0.123. The van der Waals surface area contributed by atoms with Crippen LogP contribution < -0.4 is 21.5 Å². The van der Waals surface area contributed by atoms with E-state index in [0.29, 0.717) is 16.9 Å². The molecule has 0 atom stereocenters. The van der Waals surface area contributed by atoms with Gasteiger partial charge in [0.25, 0.3) is 11.5 Å². The lowest BCUT2D eigenvalue weighted by atomic mass is 9.95. The van der Waals surface area contributed by atoms with Crippen LogP contribution in [0.25, 0.3) is 11.3 Å². The van der Waals surface area contributed by atoms with Gasteiger partial charge in [-0.25, -0.2) is 4.98 Å². The van der Waals surface area contributed by atoms with Crippen LogP contribution in [0.15, 0.2) is 65.7 Å². The summed E-state index contributed by atoms with van der Waals surface area (Å²) >= 11 is 0. The molecule has 0 aliphatic carbocycles. The van der Waals surface area contributed by atoms with E-state index in [4.69, 9.17) is 0 Å². The summed E-state index contributed by atoms with van der Waals surface area (Å²) in [7, 11) is 0. The number of aromatic nitrogens is 2. The number of benzene rings is 2. The van der Waals surface area contributed by atoms with Crippen LogP contribution >= 0.6 is 0 Å². The second-order valence-electron chi connectivity index (χ2n) is 9.49. The first kappa shape index (κ1) is 26.3. The van der Waals surface area contributed by atoms with E-state index >= 15 is 0 Å². The molecule has 0 bridgehead atoms. The van der Waals surface area contributed by atoms with Gasteiger partial charge in [-0.3, -0.25) is 23.7 Å². The Morgan fingerprint density at radius 2 is 1.56 bits per heavy atom. The Morgan fingerprint density at radius 3 is 2.17 bits per heavy atom. The van der Waals surface area contributed by atoms with Gasteiger partial charge in [0.1, 0.15) is 6.54 Å². The van der Waals surface area contributed by atoms with Crippen LogP contribution in [0.4, 0.5) is 5.69 Å². The molecule has 9 heteroatoms. The van der Waals surface area contributed by atoms with Crippen molar-refractivity contribution in [1.29, 1.82) is 0 Å². The fraction of sp³-hybridized carbons (Fsp3) is 0.296. The summed E-state index contributed by atoms with van der Waals surface area (Å²) in [6.07, 6.45) is 1.35. The molecule has 0 radical (unpaired) electrons. The third kappa shape index (κ3) is 7.36. The van der Waals surface area contributed by atoms with Gasteiger partial charge in [-0.15, -0.1) is 0 Å². The lowest BCUT2D eigenvalue weighted by Gasteiger charge is -2.17. The summed E-state index contributed by atoms with van der Waals surface area (Å²) in [5, 5.41) is 8.20. The Labute approximate surface area is 210 Å². The maximum atomic E-state index is 12.4. The molecule has 3 N–H and O–H groups in total. The highest BCUT2D eigenvalue weighted by atomic mass is 16.2. The number of carbonyl (C=O) groups is 3. The smallest absolute Gasteiger partial charge is 0.254 e. The number of anilines is 1. The van der Waals surface area contributed by atoms with E-state index in [0.717, 1.165) is 11.1 Å². The zero-order valence-electron chi connectivity index (χ0n) is 20.9. The van der Waals surface area contributed by atoms with Crippen molar-refractivity contribution in [2.45, 2.75) is 34.2 Å². The molecule has 0 aliphatic heterocycles. The first-order valence-electron chi connectivity index (χ1n) is 11.6. The average molecular weight is 490 g/mol. The fourth-order valence-electron chi connectivity index (χ4n) is 3.14. The highest BCUT2D eigenvalue weighted by Gasteiger charge is 2.21. The van der Waals surface area contributed by atoms with Crippen LogP contribution in [0, 0.1) is 12.3 Å². The van der Waals surface area contributed by atoms with Crippen LogP contribution in [0.2, 0.25) is 0 Å². The van der Waals surface area contributed by atoms with E-state index in [1.807, 2.05) is 52.0 Å². The largest absolute Gasteiger partial charge is 0.353 e. The highest BCUT2D eigenvalue weighted by molar-refractivity contribution is 5.97. The lowest BCUT2D eigenvalue weighted by Crippen LogP contribution is -2.37. The standard InChI is InChI=1S/C27H31N5O4/c1-18-5-7-19(8-6-18)22-15-24(34)32(17-30-22)16-23(33)28-13-14-29-25(35)20-9-11-21(12-10-20)31-26(36)27(2,3)4/h5-12,15,17H,13-14,16H2,1-4H3,(H,28,33)(H,29,35)(H,31,36). The van der Waals surface area contributed by atoms with Gasteiger partial charge in [0.05, 0.1) is 12.0 Å². The zero-order valence-corrected chi connectivity index (χ0v) is 20.9. The number of nitrogens with zero attached hydrogens (tertiary/aromatic N) is 2. The van der Waals surface area contributed by atoms with E-state index in [1.54, 1.807) is 24.3 Å². The minimum atomic E-state index is -0.518. The molecule has 188 valence electrons. The van der Waals surface area contributed by atoms with Crippen molar-refractivity contribution in [3.63, 3.8) is 0 Å². The monoisotopic (exact) mass is 489 g/mol. The number of nitrogens with one attached hydrogen (secondary N) is 3. The first-order valence-corrected chi connectivity index (χ1v) is 11.6. The van der Waals surface area contributed by atoms with Crippen LogP contribution in [-0.4, -0.2) is 40.4 Å². The van der Waals surface area contributed by atoms with Gasteiger partial charge >= 0.3 is 0 Å². The third-order valence-corrected chi connectivity index (χ3v) is 5.36. The van der Waals surface area contributed by atoms with E-state index in [2.05, 4.69) is 20.9 Å². The minimum absolute atomic E-state index is 0.115. The summed E-state index contributed by atoms with van der Waals surface area (Å²) in [4.78, 5) is 53.3. The molecule has 3 amide bonds. The van der Waals surface area contributed by atoms with E-state index in [9.17, 15) is 19.2 Å². The summed E-state index contributed by atoms with van der Waals surface area (Å²) in [5.41, 5.74) is 2.68. The molecule has 2 aromatic carbocycles. The average Bonchev–Trinajstić information content (AvgIpc) is 2.83. The second-order valence-corrected chi connectivity index (χ2v) is 9.49. The molecule has 0 saturated carbocycles. The Hall–Kier alpha value is -4.27. The van der Waals surface area contributed by atoms with Crippen LogP contribution in [0.1, 0.15) is 36.7 Å². The highest BCUT2D eigenvalue weighted by Crippen LogP contribution is 2.18. The van der Waals surface area contributed by atoms with E-state index < -0.39 is 5.41 Å². The van der Waals surface area contributed by atoms with Crippen LogP contribution in [0.5, 0.6) is 0 Å². The normalized spacial score (nSPS) is 11.0. The van der Waals surface area contributed by atoms with E-state index in [1.165, 1.54) is 17.0 Å². The van der Waals surface area contributed by atoms with Crippen molar-refractivity contribution in [1.82, 2.24) is 20.2 Å². The summed E-state index contributed by atoms with van der Waals surface area (Å²) in [5.74, 6) is -0.782. The number of rotatable bonds is 8. The molecule has 0 saturated heterocycles. The molecule has 0 fully saturated rings. The van der Waals surface area contributed by atoms with Gasteiger partial charge in [0.15, 0.2) is 0 Å². The van der Waals surface area contributed by atoms with Gasteiger partial charge < -0.3 is 16.0 Å². The van der Waals surface area contributed by atoms with Gasteiger partial charge in [0, 0.05) is 41.4 Å². The predicted octanol–water partition coefficient (Wildman–Crippen LogP) is 2.75. The summed E-state index contributed by atoms with van der Waals surface area (Å²) < 4.78 is 1.23. The van der Waals surface area contributed by atoms with Crippen molar-refractivity contribution < 1.29 is 14.4 Å². The molecule has 3 aromatic rings. The molecule has 3 rings (SSSR count). The van der Waals surface area contributed by atoms with Crippen molar-refractivity contribution in [2.24, 2.45) is 5.41 Å². The number of aryl methyl sites for hydroxylation is 1. The minimum Gasteiger partial charge on any atom is -0.353 e. The second kappa shape index (κ2) is 11.4. The van der Waals surface area contributed by atoms with Gasteiger partial charge in [0.2, 0.25) is 11.8 Å². The van der Waals surface area contributed by atoms with Crippen molar-refractivity contribution in [3.8, 4) is 11.3 Å². The molecule has 0 unspecified atom stereocenters. The molecule has 1 heterocycles. The zero-order chi connectivity index (χ0) is 26.3. The van der Waals surface area contributed by atoms with Crippen molar-refractivity contribution in [2.75, 3.05) is 18.4 Å². The maximum Gasteiger partial charge on any atom is 0.254 e. The summed E-state index contributed by atoms with van der Waals surface area (Å²) in [6.45, 7) is 7.69. The number of carbonyl (C=O) groups excluding carboxylic acids is 3. The first-order chi connectivity index (χ1) is 17.0. The summed E-state index contributed by atoms with van der Waals surface area (Å²) in [6, 6.07) is 15.6. The Balaban J connectivity index is 1.43. The van der Waals surface area contributed by atoms with E-state index in [-0.39, 0.29) is 42.9 Å². The maximum absolute atomic E-state index is 12.4. The molecule has 1 aromatic heterocycles. The molecule has 9 nitrogen and oxygen atoms in total. The molecule has 36 heavy (non-hydrogen) atoms. The number of hydrogen-bond acceptors (Lipinski definition) is 5. The predicted molar refractivity (Wildman–Crippen MR) is 139 cm³/mol. The van der Waals surface area contributed by atoms with Gasteiger partial charge in [-0.05, 0) is 31.2 Å². The molecular formula is C27H31N5O4. The van der Waals surface area contributed by atoms with Crippen LogP contribution in [0.3, 0.4) is 0 Å². The Kier molecular flexibility index (Phi) is 8.37. The molecular weight excluding hydrogens is 458 g/mol. The molecule has 0 aliphatic rings. The van der Waals surface area contributed by atoms with Crippen molar-refractivity contribution in [3.05, 3.63) is 82.4 Å². The van der Waals surface area contributed by atoms with Gasteiger partial charge in [-0.1, -0.05) is 50.6 Å². The SMILES string of the molecule is Cc1ccc(-c2cc(=O)n(CC(=O)NCCNC(=O)c3ccc(NC(=O)C(C)(C)C)cc3)cn2)cc1. The number of hydrogen-bond donors (Lipinski definition) is 3. The number of amides is 3.